The number of primary amides is 1. The van der Waals surface area contributed by atoms with Gasteiger partial charge in [-0.25, -0.2) is 4.79 Å². The summed E-state index contributed by atoms with van der Waals surface area (Å²) >= 11 is 5.71. The summed E-state index contributed by atoms with van der Waals surface area (Å²) in [5.74, 6) is -2.87. The highest BCUT2D eigenvalue weighted by atomic mass is 35.5. The molecule has 0 aliphatic heterocycles. The summed E-state index contributed by atoms with van der Waals surface area (Å²) in [7, 11) is 0. The molecule has 2 rings (SSSR count). The number of hydrogen-bond donors (Lipinski definition) is 4. The maximum absolute atomic E-state index is 13.7. The number of rotatable bonds is 14. The number of benzene rings is 1. The van der Waals surface area contributed by atoms with E-state index in [1.54, 1.807) is 19.1 Å². The Morgan fingerprint density at radius 2 is 1.67 bits per heavy atom. The highest BCUT2D eigenvalue weighted by Gasteiger charge is 2.35. The van der Waals surface area contributed by atoms with Crippen molar-refractivity contribution in [2.24, 2.45) is 11.7 Å². The van der Waals surface area contributed by atoms with Crippen LogP contribution in [0.4, 0.5) is 4.79 Å². The number of amides is 5. The van der Waals surface area contributed by atoms with E-state index in [0.29, 0.717) is 6.42 Å². The molecule has 0 saturated heterocycles. The van der Waals surface area contributed by atoms with Gasteiger partial charge in [-0.15, -0.1) is 11.6 Å². The van der Waals surface area contributed by atoms with Gasteiger partial charge in [0.2, 0.25) is 11.8 Å². The van der Waals surface area contributed by atoms with Gasteiger partial charge >= 0.3 is 6.09 Å². The van der Waals surface area contributed by atoms with Gasteiger partial charge in [-0.2, -0.15) is 0 Å². The Labute approximate surface area is 258 Å². The van der Waals surface area contributed by atoms with Gasteiger partial charge in [0.05, 0.1) is 18.2 Å². The van der Waals surface area contributed by atoms with Crippen molar-refractivity contribution in [3.63, 3.8) is 0 Å². The van der Waals surface area contributed by atoms with Gasteiger partial charge in [0, 0.05) is 6.42 Å². The molecule has 1 saturated carbocycles. The van der Waals surface area contributed by atoms with Crippen LogP contribution in [0.25, 0.3) is 0 Å². The summed E-state index contributed by atoms with van der Waals surface area (Å²) in [5, 5.41) is 6.30. The maximum atomic E-state index is 13.7. The lowest BCUT2D eigenvalue weighted by Crippen LogP contribution is -2.60. The number of carbonyl (C=O) groups is 5. The monoisotopic (exact) mass is 623 g/mol. The van der Waals surface area contributed by atoms with Crippen molar-refractivity contribution in [2.45, 2.75) is 103 Å². The van der Waals surface area contributed by atoms with Crippen LogP contribution < -0.4 is 21.8 Å². The third-order valence-corrected chi connectivity index (χ3v) is 7.18. The van der Waals surface area contributed by atoms with E-state index in [9.17, 15) is 24.0 Å². The molecule has 43 heavy (non-hydrogen) atoms. The molecule has 1 aliphatic rings. The molecule has 13 heteroatoms. The van der Waals surface area contributed by atoms with Crippen molar-refractivity contribution in [3.8, 4) is 0 Å². The lowest BCUT2D eigenvalue weighted by molar-refractivity contribution is -0.142. The van der Waals surface area contributed by atoms with Gasteiger partial charge in [0.1, 0.15) is 24.6 Å². The zero-order valence-corrected chi connectivity index (χ0v) is 26.3. The molecule has 0 unspecified atom stereocenters. The number of nitrogens with one attached hydrogen (secondary N) is 3. The second-order valence-corrected chi connectivity index (χ2v) is 12.1. The Balaban J connectivity index is 2.24. The minimum atomic E-state index is -1.21. The second-order valence-electron chi connectivity index (χ2n) is 11.8. The van der Waals surface area contributed by atoms with E-state index in [1.807, 2.05) is 39.0 Å². The molecule has 5 N–H and O–H groups in total. The van der Waals surface area contributed by atoms with Crippen molar-refractivity contribution in [3.05, 3.63) is 35.9 Å². The van der Waals surface area contributed by atoms with Crippen LogP contribution >= 0.6 is 11.6 Å². The molecule has 1 fully saturated rings. The van der Waals surface area contributed by atoms with Gasteiger partial charge in [-0.1, -0.05) is 62.4 Å². The normalized spacial score (nSPS) is 15.8. The van der Waals surface area contributed by atoms with Gasteiger partial charge < -0.3 is 25.8 Å². The average molecular weight is 624 g/mol. The second kappa shape index (κ2) is 17.7. The van der Waals surface area contributed by atoms with Crippen LogP contribution in [-0.4, -0.2) is 70.9 Å². The minimum absolute atomic E-state index is 0.00201. The summed E-state index contributed by atoms with van der Waals surface area (Å²) in [4.78, 5) is 63.7. The number of halogens is 1. The molecule has 0 spiro atoms. The lowest BCUT2D eigenvalue weighted by Gasteiger charge is -2.33. The first-order valence-electron chi connectivity index (χ1n) is 14.7. The highest BCUT2D eigenvalue weighted by molar-refractivity contribution is 6.27. The van der Waals surface area contributed by atoms with E-state index in [1.165, 1.54) is 0 Å². The Morgan fingerprint density at radius 3 is 2.26 bits per heavy atom. The summed E-state index contributed by atoms with van der Waals surface area (Å²) in [6.45, 7) is 6.93. The number of ether oxygens (including phenoxy) is 2. The van der Waals surface area contributed by atoms with Crippen LogP contribution in [0.15, 0.2) is 30.3 Å². The van der Waals surface area contributed by atoms with Crippen molar-refractivity contribution >= 4 is 41.3 Å². The molecule has 0 heterocycles. The lowest BCUT2D eigenvalue weighted by atomic mass is 9.84. The topological polar surface area (TPSA) is 169 Å². The number of hydrogen-bond acceptors (Lipinski definition) is 7. The maximum Gasteiger partial charge on any atom is 0.408 e. The van der Waals surface area contributed by atoms with E-state index in [0.717, 1.165) is 42.7 Å². The molecule has 1 aromatic rings. The fraction of sp³-hybridized carbons (Fsp3) is 0.633. The summed E-state index contributed by atoms with van der Waals surface area (Å²) in [6, 6.07) is 6.83. The van der Waals surface area contributed by atoms with Gasteiger partial charge in [-0.3, -0.25) is 29.6 Å². The van der Waals surface area contributed by atoms with Crippen LogP contribution in [0.1, 0.15) is 78.2 Å². The first kappa shape index (κ1) is 35.8. The molecule has 3 atom stereocenters. The fourth-order valence-electron chi connectivity index (χ4n) is 4.91. The number of nitrogens with zero attached hydrogens (tertiary/aromatic N) is 1. The SMILES string of the molecule is C[C@@H](OC(C)(C)C)[C@H](NC(=O)OCc1ccccc1)C(=O)N[C@@H](CC1CCCCC1)C(=O)NN(CCC(N)=O)C(=O)CCl. The number of alkyl carbamates (subject to hydrolysis) is 1. The standard InChI is InChI=1S/C30H46ClN5O7/c1-20(43-30(2,3)4)26(34-29(41)42-19-22-13-9-6-10-14-22)28(40)33-23(17-21-11-7-5-8-12-21)27(39)35-36(25(38)18-31)16-15-24(32)37/h6,9-10,13-14,20-21,23,26H,5,7-8,11-12,15-19H2,1-4H3,(H2,32,37)(H,33,40)(H,34,41)(H,35,39)/t20-,23+,26+/m1/s1. The molecule has 5 amide bonds. The van der Waals surface area contributed by atoms with Crippen LogP contribution in [0.3, 0.4) is 0 Å². The van der Waals surface area contributed by atoms with Gasteiger partial charge in [0.15, 0.2) is 0 Å². The molecule has 12 nitrogen and oxygen atoms in total. The predicted octanol–water partition coefficient (Wildman–Crippen LogP) is 2.91. The highest BCUT2D eigenvalue weighted by Crippen LogP contribution is 2.27. The molecule has 0 radical (unpaired) electrons. The van der Waals surface area contributed by atoms with E-state index in [2.05, 4.69) is 16.1 Å². The smallest absolute Gasteiger partial charge is 0.408 e. The zero-order valence-electron chi connectivity index (χ0n) is 25.5. The van der Waals surface area contributed by atoms with Crippen molar-refractivity contribution in [1.82, 2.24) is 21.1 Å². The van der Waals surface area contributed by atoms with Gasteiger partial charge in [-0.05, 0) is 45.6 Å². The molecular weight excluding hydrogens is 578 g/mol. The molecule has 1 aliphatic carbocycles. The first-order chi connectivity index (χ1) is 20.3. The van der Waals surface area contributed by atoms with Crippen molar-refractivity contribution in [1.29, 1.82) is 0 Å². The molecule has 0 aromatic heterocycles. The first-order valence-corrected chi connectivity index (χ1v) is 15.2. The zero-order chi connectivity index (χ0) is 32.0. The summed E-state index contributed by atoms with van der Waals surface area (Å²) in [6.07, 6.45) is 3.40. The van der Waals surface area contributed by atoms with E-state index in [4.69, 9.17) is 26.8 Å². The summed E-state index contributed by atoms with van der Waals surface area (Å²) < 4.78 is 11.3. The third kappa shape index (κ3) is 13.6. The largest absolute Gasteiger partial charge is 0.445 e. The third-order valence-electron chi connectivity index (χ3n) is 6.95. The van der Waals surface area contributed by atoms with Crippen LogP contribution in [0, 0.1) is 5.92 Å². The Morgan fingerprint density at radius 1 is 1.02 bits per heavy atom. The minimum Gasteiger partial charge on any atom is -0.445 e. The Hall–Kier alpha value is -3.38. The van der Waals surface area contributed by atoms with E-state index < -0.39 is 59.4 Å². The van der Waals surface area contributed by atoms with Crippen LogP contribution in [-0.2, 0) is 35.3 Å². The Kier molecular flexibility index (Phi) is 14.7. The number of hydrazine groups is 1. The molecule has 1 aromatic carbocycles. The van der Waals surface area contributed by atoms with Gasteiger partial charge in [0.25, 0.3) is 11.8 Å². The number of carbonyl (C=O) groups excluding carboxylic acids is 5. The molecular formula is C30H46ClN5O7. The fourth-order valence-corrected chi connectivity index (χ4v) is 5.06. The van der Waals surface area contributed by atoms with Crippen LogP contribution in [0.2, 0.25) is 0 Å². The number of alkyl halides is 1. The quantitative estimate of drug-likeness (QED) is 0.182. The van der Waals surface area contributed by atoms with E-state index >= 15 is 0 Å². The molecule has 240 valence electrons. The summed E-state index contributed by atoms with van der Waals surface area (Å²) in [5.41, 5.74) is 7.85. The average Bonchev–Trinajstić information content (AvgIpc) is 2.96. The van der Waals surface area contributed by atoms with Crippen LogP contribution in [0.5, 0.6) is 0 Å². The van der Waals surface area contributed by atoms with Crippen molar-refractivity contribution in [2.75, 3.05) is 12.4 Å². The van der Waals surface area contributed by atoms with E-state index in [-0.39, 0.29) is 25.5 Å². The number of nitrogens with two attached hydrogens (primary N) is 1. The predicted molar refractivity (Wildman–Crippen MR) is 161 cm³/mol. The van der Waals surface area contributed by atoms with Crippen molar-refractivity contribution < 1.29 is 33.4 Å². The Bertz CT molecular complexity index is 1080. The molecule has 0 bridgehead atoms.